The SMILES string of the molecule is NC(=O)c1ccc(-c2cc(Nc3ccc(CN4CCCCC4)cc3)c3ccccc3n2)cc1. The molecular weight excluding hydrogens is 408 g/mol. The van der Waals surface area contributed by atoms with Gasteiger partial charge in [-0.15, -0.1) is 0 Å². The summed E-state index contributed by atoms with van der Waals surface area (Å²) in [6.45, 7) is 3.42. The molecule has 0 spiro atoms. The quantitative estimate of drug-likeness (QED) is 0.405. The Kier molecular flexibility index (Phi) is 6.05. The summed E-state index contributed by atoms with van der Waals surface area (Å²) in [5, 5.41) is 4.65. The molecule has 5 heteroatoms. The molecule has 1 aromatic heterocycles. The van der Waals surface area contributed by atoms with Crippen molar-refractivity contribution in [1.82, 2.24) is 9.88 Å². The van der Waals surface area contributed by atoms with Crippen LogP contribution in [0.4, 0.5) is 11.4 Å². The number of hydrogen-bond donors (Lipinski definition) is 2. The second-order valence-corrected chi connectivity index (χ2v) is 8.67. The topological polar surface area (TPSA) is 71.2 Å². The third kappa shape index (κ3) is 4.89. The van der Waals surface area contributed by atoms with E-state index in [1.54, 1.807) is 12.1 Å². The van der Waals surface area contributed by atoms with E-state index in [9.17, 15) is 4.79 Å². The highest BCUT2D eigenvalue weighted by molar-refractivity contribution is 5.96. The predicted octanol–water partition coefficient (Wildman–Crippen LogP) is 5.73. The number of para-hydroxylation sites is 1. The number of anilines is 2. The molecule has 3 aromatic carbocycles. The summed E-state index contributed by atoms with van der Waals surface area (Å²) in [6.07, 6.45) is 3.97. The van der Waals surface area contributed by atoms with Crippen LogP contribution in [0.25, 0.3) is 22.2 Å². The van der Waals surface area contributed by atoms with E-state index in [4.69, 9.17) is 10.7 Å². The predicted molar refractivity (Wildman–Crippen MR) is 135 cm³/mol. The number of fused-ring (bicyclic) bond motifs is 1. The molecule has 0 saturated carbocycles. The number of pyridine rings is 1. The van der Waals surface area contributed by atoms with Crippen LogP contribution in [0.5, 0.6) is 0 Å². The third-order valence-electron chi connectivity index (χ3n) is 6.27. The number of hydrogen-bond acceptors (Lipinski definition) is 4. The number of carbonyl (C=O) groups excluding carboxylic acids is 1. The fourth-order valence-electron chi connectivity index (χ4n) is 4.46. The van der Waals surface area contributed by atoms with Crippen molar-refractivity contribution in [3.63, 3.8) is 0 Å². The van der Waals surface area contributed by atoms with Gasteiger partial charge in [-0.1, -0.05) is 48.9 Å². The Labute approximate surface area is 194 Å². The minimum atomic E-state index is -0.431. The number of nitrogens with one attached hydrogen (secondary N) is 1. The third-order valence-corrected chi connectivity index (χ3v) is 6.27. The summed E-state index contributed by atoms with van der Waals surface area (Å²) in [5.41, 5.74) is 12.0. The zero-order valence-electron chi connectivity index (χ0n) is 18.6. The Balaban J connectivity index is 1.41. The van der Waals surface area contributed by atoms with Crippen molar-refractivity contribution >= 4 is 28.2 Å². The van der Waals surface area contributed by atoms with Crippen LogP contribution in [0.1, 0.15) is 35.2 Å². The Morgan fingerprint density at radius 2 is 1.64 bits per heavy atom. The van der Waals surface area contributed by atoms with Crippen molar-refractivity contribution < 1.29 is 4.79 Å². The molecular formula is C28H28N4O. The Bertz CT molecular complexity index is 1260. The largest absolute Gasteiger partial charge is 0.366 e. The van der Waals surface area contributed by atoms with Crippen molar-refractivity contribution in [2.45, 2.75) is 25.8 Å². The first kappa shape index (κ1) is 21.2. The molecule has 1 aliphatic heterocycles. The molecule has 166 valence electrons. The van der Waals surface area contributed by atoms with Gasteiger partial charge in [0.2, 0.25) is 5.91 Å². The van der Waals surface area contributed by atoms with Crippen molar-refractivity contribution in [2.24, 2.45) is 5.73 Å². The average molecular weight is 437 g/mol. The van der Waals surface area contributed by atoms with E-state index in [0.29, 0.717) is 5.56 Å². The lowest BCUT2D eigenvalue weighted by Crippen LogP contribution is -2.29. The van der Waals surface area contributed by atoms with Gasteiger partial charge >= 0.3 is 0 Å². The maximum atomic E-state index is 11.4. The lowest BCUT2D eigenvalue weighted by atomic mass is 10.1. The Morgan fingerprint density at radius 1 is 0.909 bits per heavy atom. The lowest BCUT2D eigenvalue weighted by molar-refractivity contribution is 0.100. The lowest BCUT2D eigenvalue weighted by Gasteiger charge is -2.26. The normalized spacial score (nSPS) is 14.3. The second-order valence-electron chi connectivity index (χ2n) is 8.67. The summed E-state index contributed by atoms with van der Waals surface area (Å²) in [4.78, 5) is 18.8. The van der Waals surface area contributed by atoms with E-state index in [2.05, 4.69) is 46.6 Å². The number of rotatable bonds is 6. The highest BCUT2D eigenvalue weighted by atomic mass is 16.1. The minimum absolute atomic E-state index is 0.431. The first-order valence-corrected chi connectivity index (χ1v) is 11.5. The van der Waals surface area contributed by atoms with Gasteiger partial charge in [0.1, 0.15) is 0 Å². The molecule has 5 rings (SSSR count). The second kappa shape index (κ2) is 9.43. The number of benzene rings is 3. The number of carbonyl (C=O) groups is 1. The number of primary amides is 1. The molecule has 4 aromatic rings. The molecule has 1 aliphatic rings. The van der Waals surface area contributed by atoms with Gasteiger partial charge in [-0.05, 0) is 67.9 Å². The number of aromatic nitrogens is 1. The number of nitrogens with zero attached hydrogens (tertiary/aromatic N) is 2. The number of likely N-dealkylation sites (tertiary alicyclic amines) is 1. The summed E-state index contributed by atoms with van der Waals surface area (Å²) >= 11 is 0. The van der Waals surface area contributed by atoms with Gasteiger partial charge in [0, 0.05) is 28.7 Å². The summed E-state index contributed by atoms with van der Waals surface area (Å²) in [7, 11) is 0. The van der Waals surface area contributed by atoms with E-state index in [1.165, 1.54) is 37.9 Å². The first-order chi connectivity index (χ1) is 16.2. The zero-order valence-corrected chi connectivity index (χ0v) is 18.6. The Hall–Kier alpha value is -3.70. The number of nitrogens with two attached hydrogens (primary N) is 1. The highest BCUT2D eigenvalue weighted by Crippen LogP contribution is 2.31. The molecule has 1 amide bonds. The van der Waals surface area contributed by atoms with E-state index in [1.807, 2.05) is 30.3 Å². The molecule has 1 fully saturated rings. The van der Waals surface area contributed by atoms with Gasteiger partial charge in [-0.3, -0.25) is 9.69 Å². The highest BCUT2D eigenvalue weighted by Gasteiger charge is 2.11. The van der Waals surface area contributed by atoms with Crippen molar-refractivity contribution in [1.29, 1.82) is 0 Å². The van der Waals surface area contributed by atoms with Crippen LogP contribution in [-0.2, 0) is 6.54 Å². The van der Waals surface area contributed by atoms with E-state index < -0.39 is 5.91 Å². The fourth-order valence-corrected chi connectivity index (χ4v) is 4.46. The van der Waals surface area contributed by atoms with Crippen molar-refractivity contribution in [2.75, 3.05) is 18.4 Å². The van der Waals surface area contributed by atoms with Crippen LogP contribution in [0, 0.1) is 0 Å². The van der Waals surface area contributed by atoms with E-state index in [-0.39, 0.29) is 0 Å². The van der Waals surface area contributed by atoms with Gasteiger partial charge in [-0.2, -0.15) is 0 Å². The molecule has 0 radical (unpaired) electrons. The minimum Gasteiger partial charge on any atom is -0.366 e. The van der Waals surface area contributed by atoms with Gasteiger partial charge in [-0.25, -0.2) is 4.98 Å². The van der Waals surface area contributed by atoms with Crippen LogP contribution in [0.15, 0.2) is 78.9 Å². The maximum absolute atomic E-state index is 11.4. The standard InChI is InChI=1S/C28H28N4O/c29-28(33)22-12-10-21(11-13-22)26-18-27(24-6-2-3-7-25(24)31-26)30-23-14-8-20(9-15-23)19-32-16-4-1-5-17-32/h2-3,6-15,18H,1,4-5,16-17,19H2,(H2,29,33)(H,30,31). The van der Waals surface area contributed by atoms with Crippen LogP contribution in [0.2, 0.25) is 0 Å². The molecule has 0 unspecified atom stereocenters. The van der Waals surface area contributed by atoms with Crippen LogP contribution in [-0.4, -0.2) is 28.9 Å². The fraction of sp³-hybridized carbons (Fsp3) is 0.214. The van der Waals surface area contributed by atoms with E-state index >= 15 is 0 Å². The molecule has 1 saturated heterocycles. The molecule has 33 heavy (non-hydrogen) atoms. The van der Waals surface area contributed by atoms with Crippen LogP contribution in [0.3, 0.4) is 0 Å². The summed E-state index contributed by atoms with van der Waals surface area (Å²) < 4.78 is 0. The molecule has 5 nitrogen and oxygen atoms in total. The zero-order chi connectivity index (χ0) is 22.6. The molecule has 0 bridgehead atoms. The molecule has 2 heterocycles. The van der Waals surface area contributed by atoms with Gasteiger partial charge in [0.05, 0.1) is 16.9 Å². The molecule has 0 atom stereocenters. The summed E-state index contributed by atoms with van der Waals surface area (Å²) in [6, 6.07) is 26.1. The number of amides is 1. The van der Waals surface area contributed by atoms with Gasteiger partial charge in [0.15, 0.2) is 0 Å². The first-order valence-electron chi connectivity index (χ1n) is 11.5. The maximum Gasteiger partial charge on any atom is 0.248 e. The Morgan fingerprint density at radius 3 is 2.36 bits per heavy atom. The van der Waals surface area contributed by atoms with Crippen molar-refractivity contribution in [3.05, 3.63) is 90.0 Å². The van der Waals surface area contributed by atoms with E-state index in [0.717, 1.165) is 40.1 Å². The van der Waals surface area contributed by atoms with Gasteiger partial charge < -0.3 is 11.1 Å². The molecule has 0 aliphatic carbocycles. The average Bonchev–Trinajstić information content (AvgIpc) is 2.86. The molecule has 3 N–H and O–H groups in total. The monoisotopic (exact) mass is 436 g/mol. The number of piperidine rings is 1. The van der Waals surface area contributed by atoms with Crippen molar-refractivity contribution in [3.8, 4) is 11.3 Å². The van der Waals surface area contributed by atoms with Crippen LogP contribution < -0.4 is 11.1 Å². The summed E-state index contributed by atoms with van der Waals surface area (Å²) in [5.74, 6) is -0.431. The van der Waals surface area contributed by atoms with Gasteiger partial charge in [0.25, 0.3) is 0 Å². The smallest absolute Gasteiger partial charge is 0.248 e. The van der Waals surface area contributed by atoms with Crippen LogP contribution >= 0.6 is 0 Å².